The third-order valence-corrected chi connectivity index (χ3v) is 1.30. The van der Waals surface area contributed by atoms with Crippen LogP contribution in [0, 0.1) is 0 Å². The van der Waals surface area contributed by atoms with Crippen molar-refractivity contribution in [3.8, 4) is 0 Å². The van der Waals surface area contributed by atoms with Crippen molar-refractivity contribution in [3.63, 3.8) is 0 Å². The highest BCUT2D eigenvalue weighted by Crippen LogP contribution is 1.95. The topological polar surface area (TPSA) is 52.3 Å². The summed E-state index contributed by atoms with van der Waals surface area (Å²) < 4.78 is 4.40. The van der Waals surface area contributed by atoms with Crippen LogP contribution in [0.1, 0.15) is 67.2 Å². The van der Waals surface area contributed by atoms with E-state index in [4.69, 9.17) is 5.73 Å². The monoisotopic (exact) mass is 233 g/mol. The van der Waals surface area contributed by atoms with Gasteiger partial charge in [0.1, 0.15) is 0 Å². The van der Waals surface area contributed by atoms with Crippen LogP contribution in [0.5, 0.6) is 0 Å². The average molecular weight is 233 g/mol. The lowest BCUT2D eigenvalue weighted by atomic mass is 10.2. The molecule has 0 aromatic carbocycles. The van der Waals surface area contributed by atoms with Gasteiger partial charge in [-0.3, -0.25) is 4.79 Å². The van der Waals surface area contributed by atoms with Crippen molar-refractivity contribution in [3.05, 3.63) is 0 Å². The fourth-order valence-electron chi connectivity index (χ4n) is 0.703. The van der Waals surface area contributed by atoms with Crippen molar-refractivity contribution in [2.24, 2.45) is 5.73 Å². The third-order valence-electron chi connectivity index (χ3n) is 1.30. The Morgan fingerprint density at radius 3 is 1.50 bits per heavy atom. The molecular formula is C13H31NO2. The van der Waals surface area contributed by atoms with E-state index in [1.165, 1.54) is 32.6 Å². The van der Waals surface area contributed by atoms with Crippen molar-refractivity contribution in [2.75, 3.05) is 6.61 Å². The molecule has 0 atom stereocenters. The summed E-state index contributed by atoms with van der Waals surface area (Å²) in [6.45, 7) is 12.0. The van der Waals surface area contributed by atoms with Gasteiger partial charge in [0.05, 0.1) is 6.61 Å². The second kappa shape index (κ2) is 19.9. The molecule has 3 nitrogen and oxygen atoms in total. The molecule has 0 saturated heterocycles. The molecule has 0 fully saturated rings. The van der Waals surface area contributed by atoms with Crippen molar-refractivity contribution < 1.29 is 9.53 Å². The minimum atomic E-state index is -0.211. The number of hydrogen-bond donors (Lipinski definition) is 1. The number of carbonyl (C=O) groups is 1. The zero-order valence-corrected chi connectivity index (χ0v) is 12.0. The molecule has 0 rings (SSSR count). The number of nitrogens with two attached hydrogens (primary N) is 1. The summed E-state index contributed by atoms with van der Waals surface area (Å²) in [5, 5.41) is 0. The van der Waals surface area contributed by atoms with E-state index in [0.717, 1.165) is 0 Å². The lowest BCUT2D eigenvalue weighted by molar-refractivity contribution is -0.140. The summed E-state index contributed by atoms with van der Waals surface area (Å²) in [5.74, 6) is -0.211. The molecule has 0 aliphatic rings. The molecule has 0 heterocycles. The summed E-state index contributed by atoms with van der Waals surface area (Å²) >= 11 is 0. The second-order valence-electron chi connectivity index (χ2n) is 3.88. The van der Waals surface area contributed by atoms with Gasteiger partial charge in [-0.15, -0.1) is 0 Å². The lowest BCUT2D eigenvalue weighted by Crippen LogP contribution is -2.06. The van der Waals surface area contributed by atoms with E-state index in [0.29, 0.717) is 12.6 Å². The van der Waals surface area contributed by atoms with Crippen LogP contribution in [0.25, 0.3) is 0 Å². The number of esters is 1. The van der Waals surface area contributed by atoms with E-state index in [2.05, 4.69) is 18.6 Å². The number of rotatable bonds is 4. The number of carbonyl (C=O) groups excluding carboxylic acids is 1. The SMILES string of the molecule is CC(C)N.CCCCCC.CCOC(C)=O. The van der Waals surface area contributed by atoms with Gasteiger partial charge in [-0.1, -0.05) is 53.4 Å². The first-order valence-corrected chi connectivity index (χ1v) is 6.31. The molecule has 3 heteroatoms. The van der Waals surface area contributed by atoms with Gasteiger partial charge in [0, 0.05) is 6.92 Å². The predicted molar refractivity (Wildman–Crippen MR) is 71.4 cm³/mol. The first-order chi connectivity index (χ1) is 7.42. The Morgan fingerprint density at radius 2 is 1.44 bits per heavy atom. The zero-order valence-electron chi connectivity index (χ0n) is 12.0. The van der Waals surface area contributed by atoms with Crippen molar-refractivity contribution in [1.29, 1.82) is 0 Å². The van der Waals surface area contributed by atoms with E-state index in [-0.39, 0.29) is 5.97 Å². The summed E-state index contributed by atoms with van der Waals surface area (Å²) in [7, 11) is 0. The Hall–Kier alpha value is -0.570. The molecule has 2 N–H and O–H groups in total. The highest BCUT2D eigenvalue weighted by atomic mass is 16.5. The molecule has 0 bridgehead atoms. The molecule has 0 unspecified atom stereocenters. The molecule has 100 valence electrons. The van der Waals surface area contributed by atoms with Crippen LogP contribution in [-0.2, 0) is 9.53 Å². The Bertz CT molecular complexity index is 118. The molecule has 0 aromatic heterocycles. The molecule has 0 saturated carbocycles. The van der Waals surface area contributed by atoms with E-state index in [9.17, 15) is 4.79 Å². The summed E-state index contributed by atoms with van der Waals surface area (Å²) in [6, 6.07) is 0.333. The van der Waals surface area contributed by atoms with E-state index in [1.807, 2.05) is 13.8 Å². The fraction of sp³-hybridized carbons (Fsp3) is 0.923. The van der Waals surface area contributed by atoms with Gasteiger partial charge in [-0.2, -0.15) is 0 Å². The predicted octanol–water partition coefficient (Wildman–Crippen LogP) is 3.51. The van der Waals surface area contributed by atoms with Crippen molar-refractivity contribution in [2.45, 2.75) is 73.3 Å². The van der Waals surface area contributed by atoms with Gasteiger partial charge < -0.3 is 10.5 Å². The van der Waals surface area contributed by atoms with Crippen LogP contribution in [0.15, 0.2) is 0 Å². The maximum atomic E-state index is 9.82. The summed E-state index contributed by atoms with van der Waals surface area (Å²) in [4.78, 5) is 9.82. The zero-order chi connectivity index (χ0) is 13.4. The largest absolute Gasteiger partial charge is 0.466 e. The maximum absolute atomic E-state index is 9.82. The first kappa shape index (κ1) is 20.8. The van der Waals surface area contributed by atoms with E-state index >= 15 is 0 Å². The molecule has 0 amide bonds. The normalized spacial score (nSPS) is 8.50. The smallest absolute Gasteiger partial charge is 0.302 e. The number of ether oxygens (including phenoxy) is 1. The van der Waals surface area contributed by atoms with Gasteiger partial charge in [0.25, 0.3) is 0 Å². The average Bonchev–Trinajstić information content (AvgIpc) is 2.14. The van der Waals surface area contributed by atoms with Gasteiger partial charge >= 0.3 is 5.97 Å². The molecule has 0 spiro atoms. The van der Waals surface area contributed by atoms with Crippen LogP contribution in [0.3, 0.4) is 0 Å². The van der Waals surface area contributed by atoms with Crippen LogP contribution in [-0.4, -0.2) is 18.6 Å². The molecule has 0 aliphatic carbocycles. The maximum Gasteiger partial charge on any atom is 0.302 e. The molecule has 0 radical (unpaired) electrons. The van der Waals surface area contributed by atoms with Crippen LogP contribution >= 0.6 is 0 Å². The number of unbranched alkanes of at least 4 members (excludes halogenated alkanes) is 3. The highest BCUT2D eigenvalue weighted by Gasteiger charge is 1.81. The summed E-state index contributed by atoms with van der Waals surface area (Å²) in [6.07, 6.45) is 5.54. The second-order valence-corrected chi connectivity index (χ2v) is 3.88. The fourth-order valence-corrected chi connectivity index (χ4v) is 0.703. The van der Waals surface area contributed by atoms with Gasteiger partial charge in [0.2, 0.25) is 0 Å². The van der Waals surface area contributed by atoms with Crippen molar-refractivity contribution >= 4 is 5.97 Å². The Balaban J connectivity index is -0.000000162. The Kier molecular flexibility index (Phi) is 25.9. The Labute approximate surface area is 102 Å². The number of hydrogen-bond acceptors (Lipinski definition) is 3. The quantitative estimate of drug-likeness (QED) is 0.597. The van der Waals surface area contributed by atoms with Crippen molar-refractivity contribution in [1.82, 2.24) is 0 Å². The van der Waals surface area contributed by atoms with Gasteiger partial charge in [-0.25, -0.2) is 0 Å². The minimum absolute atomic E-state index is 0.211. The van der Waals surface area contributed by atoms with Gasteiger partial charge in [0.15, 0.2) is 0 Å². The molecular weight excluding hydrogens is 202 g/mol. The van der Waals surface area contributed by atoms with Crippen LogP contribution in [0.4, 0.5) is 0 Å². The first-order valence-electron chi connectivity index (χ1n) is 6.31. The molecule has 0 aliphatic heterocycles. The standard InChI is InChI=1S/C6H14.C4H8O2.C3H9N/c1-3-5-6-4-2;1-3-6-4(2)5;1-3(2)4/h3-6H2,1-2H3;3H2,1-2H3;3H,4H2,1-2H3. The molecule has 0 aromatic rings. The van der Waals surface area contributed by atoms with Gasteiger partial charge in [-0.05, 0) is 13.0 Å². The van der Waals surface area contributed by atoms with E-state index < -0.39 is 0 Å². The molecule has 16 heavy (non-hydrogen) atoms. The highest BCUT2D eigenvalue weighted by molar-refractivity contribution is 5.65. The Morgan fingerprint density at radius 1 is 1.12 bits per heavy atom. The van der Waals surface area contributed by atoms with E-state index in [1.54, 1.807) is 6.92 Å². The minimum Gasteiger partial charge on any atom is -0.466 e. The van der Waals surface area contributed by atoms with Crippen LogP contribution in [0.2, 0.25) is 0 Å². The lowest BCUT2D eigenvalue weighted by Gasteiger charge is -1.89. The summed E-state index contributed by atoms with van der Waals surface area (Å²) in [5.41, 5.74) is 5.11. The third kappa shape index (κ3) is 70.4. The van der Waals surface area contributed by atoms with Crippen LogP contribution < -0.4 is 5.73 Å².